The third-order valence-corrected chi connectivity index (χ3v) is 2.68. The van der Waals surface area contributed by atoms with Gasteiger partial charge in [0.25, 0.3) is 5.91 Å². The number of benzene rings is 2. The molecule has 2 rings (SSSR count). The van der Waals surface area contributed by atoms with Crippen molar-refractivity contribution in [2.24, 2.45) is 0 Å². The largest absolute Gasteiger partial charge is 0.478 e. The van der Waals surface area contributed by atoms with E-state index in [0.717, 1.165) is 0 Å². The Morgan fingerprint density at radius 2 is 1.65 bits per heavy atom. The highest BCUT2D eigenvalue weighted by atomic mass is 16.6. The van der Waals surface area contributed by atoms with Gasteiger partial charge >= 0.3 is 5.97 Å². The number of amides is 1. The monoisotopic (exact) mass is 271 g/mol. The molecule has 0 heterocycles. The summed E-state index contributed by atoms with van der Waals surface area (Å²) in [6, 6.07) is 15.1. The lowest BCUT2D eigenvalue weighted by Gasteiger charge is -2.08. The predicted molar refractivity (Wildman–Crippen MR) is 72.1 cm³/mol. The fourth-order valence-corrected chi connectivity index (χ4v) is 1.68. The van der Waals surface area contributed by atoms with Crippen molar-refractivity contribution in [2.45, 2.75) is 6.61 Å². The molecule has 0 unspecified atom stereocenters. The predicted octanol–water partition coefficient (Wildman–Crippen LogP) is 2.25. The molecule has 0 aliphatic heterocycles. The van der Waals surface area contributed by atoms with E-state index < -0.39 is 5.97 Å². The molecule has 0 atom stereocenters. The number of carbonyl (C=O) groups is 2. The average Bonchev–Trinajstić information content (AvgIpc) is 2.48. The van der Waals surface area contributed by atoms with Crippen molar-refractivity contribution < 1.29 is 19.5 Å². The molecule has 5 nitrogen and oxygen atoms in total. The summed E-state index contributed by atoms with van der Waals surface area (Å²) in [4.78, 5) is 27.8. The van der Waals surface area contributed by atoms with Crippen LogP contribution in [0.4, 0.5) is 0 Å². The van der Waals surface area contributed by atoms with Gasteiger partial charge in [0.2, 0.25) is 0 Å². The number of nitrogens with one attached hydrogen (secondary N) is 1. The van der Waals surface area contributed by atoms with Gasteiger partial charge in [-0.25, -0.2) is 10.3 Å². The van der Waals surface area contributed by atoms with Crippen LogP contribution in [-0.4, -0.2) is 17.0 Å². The lowest BCUT2D eigenvalue weighted by atomic mass is 10.1. The SMILES string of the molecule is O=C(NOCc1ccccc1C(=O)O)c1ccccc1. The van der Waals surface area contributed by atoms with Gasteiger partial charge < -0.3 is 5.11 Å². The molecule has 0 aromatic heterocycles. The van der Waals surface area contributed by atoms with Crippen LogP contribution in [0.1, 0.15) is 26.3 Å². The van der Waals surface area contributed by atoms with Crippen LogP contribution < -0.4 is 5.48 Å². The molecule has 0 aliphatic rings. The first-order valence-corrected chi connectivity index (χ1v) is 5.97. The zero-order valence-corrected chi connectivity index (χ0v) is 10.6. The summed E-state index contributed by atoms with van der Waals surface area (Å²) >= 11 is 0. The van der Waals surface area contributed by atoms with Crippen molar-refractivity contribution >= 4 is 11.9 Å². The Kier molecular flexibility index (Phi) is 4.47. The first-order valence-electron chi connectivity index (χ1n) is 5.97. The van der Waals surface area contributed by atoms with Gasteiger partial charge in [-0.2, -0.15) is 0 Å². The number of aromatic carboxylic acids is 1. The number of carbonyl (C=O) groups excluding carboxylic acids is 1. The molecule has 2 aromatic carbocycles. The molecule has 0 aliphatic carbocycles. The molecule has 0 radical (unpaired) electrons. The van der Waals surface area contributed by atoms with E-state index in [0.29, 0.717) is 11.1 Å². The Labute approximate surface area is 115 Å². The van der Waals surface area contributed by atoms with Crippen LogP contribution in [0.25, 0.3) is 0 Å². The molecule has 0 bridgehead atoms. The molecule has 0 fully saturated rings. The summed E-state index contributed by atoms with van der Waals surface area (Å²) < 4.78 is 0. The van der Waals surface area contributed by atoms with Crippen LogP contribution in [-0.2, 0) is 11.4 Å². The standard InChI is InChI=1S/C15H13NO4/c17-14(11-6-2-1-3-7-11)16-20-10-12-8-4-5-9-13(12)15(18)19/h1-9H,10H2,(H,16,17)(H,18,19). The van der Waals surface area contributed by atoms with E-state index in [9.17, 15) is 9.59 Å². The highest BCUT2D eigenvalue weighted by Gasteiger charge is 2.10. The number of hydroxylamine groups is 1. The Balaban J connectivity index is 1.94. The van der Waals surface area contributed by atoms with Gasteiger partial charge in [0.05, 0.1) is 5.56 Å². The second-order valence-corrected chi connectivity index (χ2v) is 4.05. The number of rotatable bonds is 5. The molecule has 20 heavy (non-hydrogen) atoms. The van der Waals surface area contributed by atoms with Crippen molar-refractivity contribution in [3.05, 3.63) is 71.3 Å². The summed E-state index contributed by atoms with van der Waals surface area (Å²) in [6.45, 7) is -0.0129. The zero-order valence-electron chi connectivity index (χ0n) is 10.6. The van der Waals surface area contributed by atoms with E-state index in [1.807, 2.05) is 0 Å². The molecule has 0 saturated carbocycles. The molecule has 1 amide bonds. The van der Waals surface area contributed by atoms with Gasteiger partial charge in [-0.3, -0.25) is 9.63 Å². The lowest BCUT2D eigenvalue weighted by Crippen LogP contribution is -2.23. The third kappa shape index (κ3) is 3.43. The van der Waals surface area contributed by atoms with Gasteiger partial charge in [-0.05, 0) is 23.8 Å². The summed E-state index contributed by atoms with van der Waals surface area (Å²) in [5.41, 5.74) is 3.40. The van der Waals surface area contributed by atoms with Gasteiger partial charge in [0, 0.05) is 5.56 Å². The smallest absolute Gasteiger partial charge is 0.336 e. The Bertz CT molecular complexity index is 610. The number of carboxylic acids is 1. The molecular weight excluding hydrogens is 258 g/mol. The Morgan fingerprint density at radius 1 is 1.00 bits per heavy atom. The van der Waals surface area contributed by atoms with E-state index >= 15 is 0 Å². The zero-order chi connectivity index (χ0) is 14.4. The lowest BCUT2D eigenvalue weighted by molar-refractivity contribution is 0.0229. The number of hydrogen-bond acceptors (Lipinski definition) is 3. The summed E-state index contributed by atoms with van der Waals surface area (Å²) in [5, 5.41) is 9.01. The number of carboxylic acid groups (broad SMARTS) is 1. The first-order chi connectivity index (χ1) is 9.68. The van der Waals surface area contributed by atoms with E-state index in [4.69, 9.17) is 9.94 Å². The van der Waals surface area contributed by atoms with Crippen molar-refractivity contribution in [3.8, 4) is 0 Å². The molecule has 2 N–H and O–H groups in total. The van der Waals surface area contributed by atoms with Crippen LogP contribution in [0.3, 0.4) is 0 Å². The van der Waals surface area contributed by atoms with E-state index in [1.165, 1.54) is 6.07 Å². The van der Waals surface area contributed by atoms with E-state index in [-0.39, 0.29) is 18.1 Å². The third-order valence-electron chi connectivity index (χ3n) is 2.68. The fraction of sp³-hybridized carbons (Fsp3) is 0.0667. The fourth-order valence-electron chi connectivity index (χ4n) is 1.68. The van der Waals surface area contributed by atoms with Gasteiger partial charge in [-0.1, -0.05) is 36.4 Å². The van der Waals surface area contributed by atoms with Crippen LogP contribution in [0.5, 0.6) is 0 Å². The molecular formula is C15H13NO4. The molecule has 102 valence electrons. The molecule has 0 saturated heterocycles. The maximum absolute atomic E-state index is 11.7. The second-order valence-electron chi connectivity index (χ2n) is 4.05. The minimum atomic E-state index is -1.03. The van der Waals surface area contributed by atoms with Crippen LogP contribution in [0, 0.1) is 0 Å². The average molecular weight is 271 g/mol. The Morgan fingerprint density at radius 3 is 2.35 bits per heavy atom. The van der Waals surface area contributed by atoms with Gasteiger partial charge in [0.15, 0.2) is 0 Å². The highest BCUT2D eigenvalue weighted by Crippen LogP contribution is 2.09. The minimum Gasteiger partial charge on any atom is -0.478 e. The molecule has 0 spiro atoms. The van der Waals surface area contributed by atoms with Gasteiger partial charge in [-0.15, -0.1) is 0 Å². The quantitative estimate of drug-likeness (QED) is 0.818. The van der Waals surface area contributed by atoms with Crippen molar-refractivity contribution in [3.63, 3.8) is 0 Å². The normalized spacial score (nSPS) is 10.0. The first kappa shape index (κ1) is 13.8. The molecule has 5 heteroatoms. The van der Waals surface area contributed by atoms with Gasteiger partial charge in [0.1, 0.15) is 6.61 Å². The van der Waals surface area contributed by atoms with E-state index in [2.05, 4.69) is 5.48 Å². The summed E-state index contributed by atoms with van der Waals surface area (Å²) in [6.07, 6.45) is 0. The van der Waals surface area contributed by atoms with Crippen LogP contribution in [0.15, 0.2) is 54.6 Å². The van der Waals surface area contributed by atoms with Crippen molar-refractivity contribution in [1.82, 2.24) is 5.48 Å². The molecule has 2 aromatic rings. The van der Waals surface area contributed by atoms with Crippen molar-refractivity contribution in [1.29, 1.82) is 0 Å². The number of hydrogen-bond donors (Lipinski definition) is 2. The van der Waals surface area contributed by atoms with Crippen LogP contribution >= 0.6 is 0 Å². The Hall–Kier alpha value is -2.66. The maximum Gasteiger partial charge on any atom is 0.336 e. The maximum atomic E-state index is 11.7. The second kappa shape index (κ2) is 6.49. The van der Waals surface area contributed by atoms with Crippen LogP contribution in [0.2, 0.25) is 0 Å². The highest BCUT2D eigenvalue weighted by molar-refractivity contribution is 5.93. The summed E-state index contributed by atoms with van der Waals surface area (Å²) in [7, 11) is 0. The minimum absolute atomic E-state index is 0.0129. The van der Waals surface area contributed by atoms with E-state index in [1.54, 1.807) is 48.5 Å². The topological polar surface area (TPSA) is 75.6 Å². The van der Waals surface area contributed by atoms with Crippen molar-refractivity contribution in [2.75, 3.05) is 0 Å². The summed E-state index contributed by atoms with van der Waals surface area (Å²) in [5.74, 6) is -1.41.